The molecule has 0 atom stereocenters. The van der Waals surface area contributed by atoms with E-state index >= 15 is 0 Å². The molecule has 0 fully saturated rings. The first-order valence-corrected chi connectivity index (χ1v) is 4.91. The minimum absolute atomic E-state index is 0.581. The summed E-state index contributed by atoms with van der Waals surface area (Å²) in [7, 11) is 0. The molecule has 0 saturated carbocycles. The molecule has 1 aromatic heterocycles. The summed E-state index contributed by atoms with van der Waals surface area (Å²) in [6.07, 6.45) is -4.25. The quantitative estimate of drug-likeness (QED) is 0.618. The summed E-state index contributed by atoms with van der Waals surface area (Å²) < 4.78 is 37.0. The van der Waals surface area contributed by atoms with Crippen LogP contribution >= 0.6 is 11.3 Å². The van der Waals surface area contributed by atoms with E-state index in [9.17, 15) is 13.2 Å². The Kier molecular flexibility index (Phi) is 2.03. The van der Waals surface area contributed by atoms with E-state index in [1.54, 1.807) is 5.38 Å². The van der Waals surface area contributed by atoms with Crippen LogP contribution in [0, 0.1) is 6.92 Å². The predicted octanol–water partition coefficient (Wildman–Crippen LogP) is 4.23. The molecule has 0 radical (unpaired) electrons. The summed E-state index contributed by atoms with van der Waals surface area (Å²) in [5.74, 6) is 0. The summed E-state index contributed by atoms with van der Waals surface area (Å²) in [5.41, 5.74) is -0.581. The Balaban J connectivity index is 2.63. The topological polar surface area (TPSA) is 0 Å². The van der Waals surface area contributed by atoms with Crippen LogP contribution in [0.15, 0.2) is 23.6 Å². The zero-order valence-corrected chi connectivity index (χ0v) is 8.17. The highest BCUT2D eigenvalue weighted by atomic mass is 32.1. The summed E-state index contributed by atoms with van der Waals surface area (Å²) in [5, 5.41) is 3.32. The lowest BCUT2D eigenvalue weighted by Crippen LogP contribution is -2.03. The minimum atomic E-state index is -4.25. The summed E-state index contributed by atoms with van der Waals surface area (Å²) >= 11 is 1.47. The number of fused-ring (bicyclic) bond motifs is 1. The zero-order valence-electron chi connectivity index (χ0n) is 7.35. The van der Waals surface area contributed by atoms with E-state index in [4.69, 9.17) is 0 Å². The fraction of sp³-hybridized carbons (Fsp3) is 0.200. The molecule has 4 heteroatoms. The molecule has 0 saturated heterocycles. The molecule has 14 heavy (non-hydrogen) atoms. The smallest absolute Gasteiger partial charge is 0.166 e. The summed E-state index contributed by atoms with van der Waals surface area (Å²) in [4.78, 5) is 1.05. The molecule has 0 aliphatic rings. The second kappa shape index (κ2) is 2.98. The van der Waals surface area contributed by atoms with Crippen LogP contribution in [0.25, 0.3) is 10.8 Å². The highest BCUT2D eigenvalue weighted by Gasteiger charge is 2.30. The lowest BCUT2D eigenvalue weighted by molar-refractivity contribution is -0.137. The van der Waals surface area contributed by atoms with Gasteiger partial charge in [0.1, 0.15) is 0 Å². The van der Waals surface area contributed by atoms with E-state index in [1.807, 2.05) is 6.92 Å². The molecule has 0 spiro atoms. The maximum absolute atomic E-state index is 12.3. The van der Waals surface area contributed by atoms with Gasteiger partial charge in [0.2, 0.25) is 0 Å². The summed E-state index contributed by atoms with van der Waals surface area (Å²) in [6, 6.07) is 3.85. The number of alkyl halides is 3. The average Bonchev–Trinajstić information content (AvgIpc) is 2.46. The maximum atomic E-state index is 12.3. The van der Waals surface area contributed by atoms with Crippen molar-refractivity contribution in [3.8, 4) is 0 Å². The van der Waals surface area contributed by atoms with Crippen molar-refractivity contribution in [2.24, 2.45) is 0 Å². The van der Waals surface area contributed by atoms with E-state index < -0.39 is 11.7 Å². The van der Waals surface area contributed by atoms with Gasteiger partial charge in [-0.25, -0.2) is 0 Å². The van der Waals surface area contributed by atoms with Gasteiger partial charge in [0.25, 0.3) is 0 Å². The second-order valence-electron chi connectivity index (χ2n) is 3.09. The average molecular weight is 216 g/mol. The van der Waals surface area contributed by atoms with Crippen molar-refractivity contribution in [2.45, 2.75) is 13.1 Å². The molecule has 0 unspecified atom stereocenters. The molecule has 0 nitrogen and oxygen atoms in total. The Morgan fingerprint density at radius 2 is 1.93 bits per heavy atom. The molecular formula is C10H7F3S. The number of hydrogen-bond acceptors (Lipinski definition) is 1. The van der Waals surface area contributed by atoms with Crippen LogP contribution in [0.2, 0.25) is 0 Å². The van der Waals surface area contributed by atoms with Crippen LogP contribution in [0.5, 0.6) is 0 Å². The van der Waals surface area contributed by atoms with Crippen LogP contribution < -0.4 is 0 Å². The van der Waals surface area contributed by atoms with Crippen molar-refractivity contribution in [2.75, 3.05) is 0 Å². The first-order chi connectivity index (χ1) is 6.48. The van der Waals surface area contributed by atoms with Crippen LogP contribution in [-0.2, 0) is 6.18 Å². The SMILES string of the molecule is Cc1scc2cc(C(F)(F)F)ccc12. The van der Waals surface area contributed by atoms with Gasteiger partial charge in [-0.2, -0.15) is 13.2 Å². The van der Waals surface area contributed by atoms with Crippen LogP contribution in [0.1, 0.15) is 10.4 Å². The number of thiophene rings is 1. The molecule has 0 aliphatic heterocycles. The highest BCUT2D eigenvalue weighted by molar-refractivity contribution is 7.11. The van der Waals surface area contributed by atoms with Crippen LogP contribution in [0.3, 0.4) is 0 Å². The van der Waals surface area contributed by atoms with Gasteiger partial charge in [-0.3, -0.25) is 0 Å². The molecule has 0 amide bonds. The van der Waals surface area contributed by atoms with Crippen molar-refractivity contribution in [1.82, 2.24) is 0 Å². The van der Waals surface area contributed by atoms with Crippen LogP contribution in [-0.4, -0.2) is 0 Å². The highest BCUT2D eigenvalue weighted by Crippen LogP contribution is 2.33. The second-order valence-corrected chi connectivity index (χ2v) is 4.18. The van der Waals surface area contributed by atoms with Crippen molar-refractivity contribution in [1.29, 1.82) is 0 Å². The van der Waals surface area contributed by atoms with E-state index in [1.165, 1.54) is 23.5 Å². The number of hydrogen-bond donors (Lipinski definition) is 0. The fourth-order valence-corrected chi connectivity index (χ4v) is 2.18. The largest absolute Gasteiger partial charge is 0.416 e. The molecule has 2 rings (SSSR count). The first kappa shape index (κ1) is 9.52. The summed E-state index contributed by atoms with van der Waals surface area (Å²) in [6.45, 7) is 1.90. The molecule has 74 valence electrons. The van der Waals surface area contributed by atoms with Crippen LogP contribution in [0.4, 0.5) is 13.2 Å². The number of aryl methyl sites for hydroxylation is 1. The zero-order chi connectivity index (χ0) is 10.3. The Bertz CT molecular complexity index is 468. The number of halogens is 3. The first-order valence-electron chi connectivity index (χ1n) is 4.03. The number of benzene rings is 1. The molecule has 0 bridgehead atoms. The lowest BCUT2D eigenvalue weighted by atomic mass is 10.1. The van der Waals surface area contributed by atoms with Gasteiger partial charge in [-0.15, -0.1) is 11.3 Å². The van der Waals surface area contributed by atoms with Gasteiger partial charge in [-0.1, -0.05) is 6.07 Å². The van der Waals surface area contributed by atoms with Gasteiger partial charge >= 0.3 is 6.18 Å². The third kappa shape index (κ3) is 1.50. The monoisotopic (exact) mass is 216 g/mol. The van der Waals surface area contributed by atoms with E-state index in [0.717, 1.165) is 16.3 Å². The van der Waals surface area contributed by atoms with Crippen molar-refractivity contribution in [3.05, 3.63) is 34.0 Å². The van der Waals surface area contributed by atoms with E-state index in [0.29, 0.717) is 5.39 Å². The molecule has 0 aliphatic carbocycles. The minimum Gasteiger partial charge on any atom is -0.166 e. The van der Waals surface area contributed by atoms with Crippen molar-refractivity contribution < 1.29 is 13.2 Å². The third-order valence-corrected chi connectivity index (χ3v) is 3.07. The third-order valence-electron chi connectivity index (χ3n) is 2.12. The van der Waals surface area contributed by atoms with E-state index in [-0.39, 0.29) is 0 Å². The molecule has 0 N–H and O–H groups in total. The van der Waals surface area contributed by atoms with Gasteiger partial charge in [0.15, 0.2) is 0 Å². The molecule has 1 aromatic carbocycles. The van der Waals surface area contributed by atoms with E-state index in [2.05, 4.69) is 0 Å². The Morgan fingerprint density at radius 3 is 2.57 bits per heavy atom. The predicted molar refractivity (Wildman–Crippen MR) is 51.6 cm³/mol. The maximum Gasteiger partial charge on any atom is 0.416 e. The molecule has 2 aromatic rings. The fourth-order valence-electron chi connectivity index (χ4n) is 1.37. The molecular weight excluding hydrogens is 209 g/mol. The van der Waals surface area contributed by atoms with Gasteiger partial charge in [0, 0.05) is 4.88 Å². The van der Waals surface area contributed by atoms with Gasteiger partial charge in [-0.05, 0) is 35.2 Å². The number of rotatable bonds is 0. The normalized spacial score (nSPS) is 12.3. The Morgan fingerprint density at radius 1 is 1.21 bits per heavy atom. The Labute approximate surface area is 83.0 Å². The standard InChI is InChI=1S/C10H7F3S/c1-6-9-3-2-8(10(11,12)13)4-7(9)5-14-6/h2-5H,1H3. The Hall–Kier alpha value is -1.03. The van der Waals surface area contributed by atoms with Gasteiger partial charge < -0.3 is 0 Å². The van der Waals surface area contributed by atoms with Crippen molar-refractivity contribution in [3.63, 3.8) is 0 Å². The molecule has 1 heterocycles. The van der Waals surface area contributed by atoms with Gasteiger partial charge in [0.05, 0.1) is 5.56 Å². The van der Waals surface area contributed by atoms with Crippen molar-refractivity contribution >= 4 is 22.1 Å². The lowest BCUT2D eigenvalue weighted by Gasteiger charge is -2.05.